The minimum absolute atomic E-state index is 0.190. The van der Waals surface area contributed by atoms with E-state index in [1.54, 1.807) is 12.1 Å². The zero-order valence-electron chi connectivity index (χ0n) is 7.53. The first-order chi connectivity index (χ1) is 6.68. The van der Waals surface area contributed by atoms with Crippen molar-refractivity contribution in [3.05, 3.63) is 29.3 Å². The van der Waals surface area contributed by atoms with E-state index in [9.17, 15) is 9.90 Å². The van der Waals surface area contributed by atoms with E-state index in [1.807, 2.05) is 6.07 Å². The van der Waals surface area contributed by atoms with Gasteiger partial charge >= 0.3 is 5.97 Å². The molecule has 0 radical (unpaired) electrons. The van der Waals surface area contributed by atoms with Crippen molar-refractivity contribution in [3.63, 3.8) is 0 Å². The van der Waals surface area contributed by atoms with Crippen LogP contribution in [-0.2, 0) is 17.8 Å². The molecule has 0 saturated heterocycles. The summed E-state index contributed by atoms with van der Waals surface area (Å²) in [4.78, 5) is 10.7. The molecule has 0 aliphatic carbocycles. The fourth-order valence-corrected chi connectivity index (χ4v) is 1.71. The first-order valence-electron chi connectivity index (χ1n) is 4.44. The van der Waals surface area contributed by atoms with Gasteiger partial charge in [0.2, 0.25) is 0 Å². The molecule has 1 aliphatic heterocycles. The second-order valence-electron chi connectivity index (χ2n) is 3.39. The number of benzene rings is 1. The number of carboxylic acids is 1. The third kappa shape index (κ3) is 1.44. The summed E-state index contributed by atoms with van der Waals surface area (Å²) in [6.07, 6.45) is 0.345. The molecule has 1 heterocycles. The number of hydrogen-bond acceptors (Lipinski definition) is 3. The molecule has 2 rings (SSSR count). The Hall–Kier alpha value is -1.55. The van der Waals surface area contributed by atoms with Crippen molar-refractivity contribution in [2.75, 3.05) is 0 Å². The molecule has 4 nitrogen and oxygen atoms in total. The molecule has 1 unspecified atom stereocenters. The summed E-state index contributed by atoms with van der Waals surface area (Å²) < 4.78 is 0. The van der Waals surface area contributed by atoms with Gasteiger partial charge in [0.1, 0.15) is 11.8 Å². The third-order valence-corrected chi connectivity index (χ3v) is 2.49. The molecule has 0 spiro atoms. The highest BCUT2D eigenvalue weighted by atomic mass is 16.4. The highest BCUT2D eigenvalue weighted by Gasteiger charge is 2.24. The molecule has 1 aromatic carbocycles. The molecular weight excluding hydrogens is 182 g/mol. The van der Waals surface area contributed by atoms with E-state index in [4.69, 9.17) is 5.11 Å². The van der Waals surface area contributed by atoms with Crippen molar-refractivity contribution in [2.45, 2.75) is 19.0 Å². The van der Waals surface area contributed by atoms with Crippen LogP contribution in [0, 0.1) is 0 Å². The Morgan fingerprint density at radius 1 is 1.50 bits per heavy atom. The van der Waals surface area contributed by atoms with Crippen LogP contribution in [0.5, 0.6) is 5.75 Å². The van der Waals surface area contributed by atoms with Crippen LogP contribution >= 0.6 is 0 Å². The number of aromatic hydroxyl groups is 1. The number of hydrogen-bond donors (Lipinski definition) is 3. The van der Waals surface area contributed by atoms with E-state index in [-0.39, 0.29) is 5.75 Å². The number of phenols is 1. The number of phenolic OH excluding ortho intramolecular Hbond substituents is 1. The number of nitrogens with one attached hydrogen (secondary N) is 1. The third-order valence-electron chi connectivity index (χ3n) is 2.49. The molecule has 0 fully saturated rings. The van der Waals surface area contributed by atoms with Crippen LogP contribution in [0.4, 0.5) is 0 Å². The van der Waals surface area contributed by atoms with E-state index >= 15 is 0 Å². The van der Waals surface area contributed by atoms with Crippen molar-refractivity contribution >= 4 is 5.97 Å². The number of carboxylic acid groups (broad SMARTS) is 1. The fourth-order valence-electron chi connectivity index (χ4n) is 1.71. The highest BCUT2D eigenvalue weighted by Crippen LogP contribution is 2.25. The molecule has 0 amide bonds. The van der Waals surface area contributed by atoms with Crippen LogP contribution in [0.25, 0.3) is 0 Å². The minimum atomic E-state index is -0.876. The standard InChI is InChI=1S/C10H11NO3/c12-9-3-1-2-6-5-11-8(10(13)14)4-7(6)9/h1-3,8,11-12H,4-5H2,(H,13,14). The quantitative estimate of drug-likeness (QED) is 0.607. The van der Waals surface area contributed by atoms with Gasteiger partial charge in [-0.15, -0.1) is 0 Å². The first kappa shape index (κ1) is 9.02. The summed E-state index contributed by atoms with van der Waals surface area (Å²) in [5.74, 6) is -0.686. The van der Waals surface area contributed by atoms with Crippen LogP contribution in [-0.4, -0.2) is 22.2 Å². The van der Waals surface area contributed by atoms with Crippen LogP contribution in [0.2, 0.25) is 0 Å². The summed E-state index contributed by atoms with van der Waals surface area (Å²) >= 11 is 0. The molecular formula is C10H11NO3. The Morgan fingerprint density at radius 2 is 2.29 bits per heavy atom. The topological polar surface area (TPSA) is 69.6 Å². The lowest BCUT2D eigenvalue weighted by molar-refractivity contribution is -0.139. The van der Waals surface area contributed by atoms with E-state index in [0.29, 0.717) is 13.0 Å². The van der Waals surface area contributed by atoms with Gasteiger partial charge in [0.15, 0.2) is 0 Å². The Bertz CT molecular complexity index is 376. The maximum atomic E-state index is 10.7. The lowest BCUT2D eigenvalue weighted by atomic mass is 9.95. The Morgan fingerprint density at radius 3 is 3.00 bits per heavy atom. The van der Waals surface area contributed by atoms with Crippen molar-refractivity contribution in [1.82, 2.24) is 5.32 Å². The summed E-state index contributed by atoms with van der Waals surface area (Å²) in [5, 5.41) is 21.2. The first-order valence-corrected chi connectivity index (χ1v) is 4.44. The zero-order valence-corrected chi connectivity index (χ0v) is 7.53. The maximum Gasteiger partial charge on any atom is 0.321 e. The summed E-state index contributed by atoms with van der Waals surface area (Å²) in [5.41, 5.74) is 1.72. The Labute approximate surface area is 81.2 Å². The molecule has 1 aromatic rings. The van der Waals surface area contributed by atoms with Gasteiger partial charge in [-0.25, -0.2) is 0 Å². The molecule has 14 heavy (non-hydrogen) atoms. The molecule has 0 bridgehead atoms. The minimum Gasteiger partial charge on any atom is -0.508 e. The van der Waals surface area contributed by atoms with Crippen LogP contribution in [0.3, 0.4) is 0 Å². The zero-order chi connectivity index (χ0) is 10.1. The average molecular weight is 193 g/mol. The molecule has 0 saturated carbocycles. The van der Waals surface area contributed by atoms with Gasteiger partial charge in [0.05, 0.1) is 0 Å². The fraction of sp³-hybridized carbons (Fsp3) is 0.300. The molecule has 4 heteroatoms. The van der Waals surface area contributed by atoms with Gasteiger partial charge in [-0.05, 0) is 11.6 Å². The highest BCUT2D eigenvalue weighted by molar-refractivity contribution is 5.74. The number of carbonyl (C=O) groups is 1. The summed E-state index contributed by atoms with van der Waals surface area (Å²) in [6.45, 7) is 0.501. The predicted octanol–water partition coefficient (Wildman–Crippen LogP) is 0.491. The van der Waals surface area contributed by atoms with Crippen LogP contribution < -0.4 is 5.32 Å². The van der Waals surface area contributed by atoms with Crippen molar-refractivity contribution in [3.8, 4) is 5.75 Å². The second-order valence-corrected chi connectivity index (χ2v) is 3.39. The number of rotatable bonds is 1. The molecule has 1 aliphatic rings. The molecule has 1 atom stereocenters. The predicted molar refractivity (Wildman–Crippen MR) is 50.1 cm³/mol. The van der Waals surface area contributed by atoms with Crippen LogP contribution in [0.15, 0.2) is 18.2 Å². The maximum absolute atomic E-state index is 10.7. The average Bonchev–Trinajstić information content (AvgIpc) is 2.18. The van der Waals surface area contributed by atoms with Gasteiger partial charge in [0, 0.05) is 18.5 Å². The smallest absolute Gasteiger partial charge is 0.321 e. The van der Waals surface area contributed by atoms with Gasteiger partial charge < -0.3 is 15.5 Å². The summed E-state index contributed by atoms with van der Waals surface area (Å²) in [7, 11) is 0. The Kier molecular flexibility index (Phi) is 2.13. The summed E-state index contributed by atoms with van der Waals surface area (Å²) in [6, 6.07) is 4.65. The van der Waals surface area contributed by atoms with E-state index in [1.165, 1.54) is 0 Å². The Balaban J connectivity index is 2.33. The van der Waals surface area contributed by atoms with Crippen LogP contribution in [0.1, 0.15) is 11.1 Å². The monoisotopic (exact) mass is 193 g/mol. The number of fused-ring (bicyclic) bond motifs is 1. The van der Waals surface area contributed by atoms with E-state index in [0.717, 1.165) is 11.1 Å². The van der Waals surface area contributed by atoms with Crippen molar-refractivity contribution in [1.29, 1.82) is 0 Å². The van der Waals surface area contributed by atoms with Gasteiger partial charge in [-0.2, -0.15) is 0 Å². The van der Waals surface area contributed by atoms with E-state index < -0.39 is 12.0 Å². The van der Waals surface area contributed by atoms with Crippen molar-refractivity contribution < 1.29 is 15.0 Å². The lowest BCUT2D eigenvalue weighted by Crippen LogP contribution is -2.41. The van der Waals surface area contributed by atoms with E-state index in [2.05, 4.69) is 5.32 Å². The van der Waals surface area contributed by atoms with Crippen molar-refractivity contribution in [2.24, 2.45) is 0 Å². The van der Waals surface area contributed by atoms with Gasteiger partial charge in [-0.1, -0.05) is 12.1 Å². The van der Waals surface area contributed by atoms with Gasteiger partial charge in [-0.3, -0.25) is 4.79 Å². The number of aliphatic carboxylic acids is 1. The van der Waals surface area contributed by atoms with Gasteiger partial charge in [0.25, 0.3) is 0 Å². The molecule has 74 valence electrons. The largest absolute Gasteiger partial charge is 0.508 e. The normalized spacial score (nSPS) is 20.1. The lowest BCUT2D eigenvalue weighted by Gasteiger charge is -2.23. The molecule has 0 aromatic heterocycles. The SMILES string of the molecule is O=C(O)C1Cc2c(O)cccc2CN1. The molecule has 3 N–H and O–H groups in total. The second kappa shape index (κ2) is 3.31.